The van der Waals surface area contributed by atoms with Crippen LogP contribution in [0.1, 0.15) is 27.9 Å². The van der Waals surface area contributed by atoms with Gasteiger partial charge in [-0.3, -0.25) is 4.31 Å². The van der Waals surface area contributed by atoms with Crippen LogP contribution in [-0.4, -0.2) is 28.0 Å². The molecule has 0 unspecified atom stereocenters. The zero-order valence-electron chi connectivity index (χ0n) is 13.9. The molecule has 3 rings (SSSR count). The Hall–Kier alpha value is -2.60. The molecule has 0 saturated carbocycles. The largest absolute Gasteiger partial charge is 0.465 e. The van der Waals surface area contributed by atoms with Gasteiger partial charge in [0, 0.05) is 6.54 Å². The quantitative estimate of drug-likeness (QED) is 0.788. The van der Waals surface area contributed by atoms with E-state index in [9.17, 15) is 13.2 Å². The Balaban J connectivity index is 1.97. The Morgan fingerprint density at radius 1 is 1.12 bits per heavy atom. The number of anilines is 1. The molecule has 130 valence electrons. The summed E-state index contributed by atoms with van der Waals surface area (Å²) in [5.74, 6) is -0.448. The van der Waals surface area contributed by atoms with Gasteiger partial charge in [-0.05, 0) is 42.2 Å². The second-order valence-corrected chi connectivity index (χ2v) is 7.47. The number of sulfonamides is 1. The van der Waals surface area contributed by atoms with Crippen molar-refractivity contribution in [1.82, 2.24) is 0 Å². The zero-order valence-corrected chi connectivity index (χ0v) is 14.7. The predicted octanol–water partition coefficient (Wildman–Crippen LogP) is 3.23. The fourth-order valence-electron chi connectivity index (χ4n) is 2.96. The van der Waals surface area contributed by atoms with Crippen LogP contribution in [0.25, 0.3) is 6.08 Å². The Labute approximate surface area is 147 Å². The zero-order chi connectivity index (χ0) is 17.9. The maximum Gasteiger partial charge on any atom is 0.338 e. The number of rotatable bonds is 4. The van der Waals surface area contributed by atoms with Crippen molar-refractivity contribution >= 4 is 27.8 Å². The van der Waals surface area contributed by atoms with Gasteiger partial charge >= 0.3 is 5.97 Å². The van der Waals surface area contributed by atoms with Gasteiger partial charge in [0.15, 0.2) is 0 Å². The van der Waals surface area contributed by atoms with Gasteiger partial charge < -0.3 is 4.74 Å². The summed E-state index contributed by atoms with van der Waals surface area (Å²) < 4.78 is 31.8. The van der Waals surface area contributed by atoms with E-state index in [1.165, 1.54) is 16.8 Å². The van der Waals surface area contributed by atoms with E-state index in [2.05, 4.69) is 0 Å². The lowest BCUT2D eigenvalue weighted by atomic mass is 9.98. The molecule has 6 heteroatoms. The van der Waals surface area contributed by atoms with Crippen LogP contribution in [0, 0.1) is 0 Å². The molecule has 0 saturated heterocycles. The number of nitrogens with zero attached hydrogens (tertiary/aromatic N) is 1. The fourth-order valence-corrected chi connectivity index (χ4v) is 4.26. The Kier molecular flexibility index (Phi) is 4.90. The number of ether oxygens (including phenoxy) is 1. The number of carbonyl (C=O) groups excluding carboxylic acids is 1. The number of hydrogen-bond acceptors (Lipinski definition) is 4. The smallest absolute Gasteiger partial charge is 0.338 e. The van der Waals surface area contributed by atoms with Crippen molar-refractivity contribution in [2.24, 2.45) is 0 Å². The molecule has 0 spiro atoms. The predicted molar refractivity (Wildman–Crippen MR) is 97.8 cm³/mol. The number of fused-ring (bicyclic) bond motifs is 1. The van der Waals surface area contributed by atoms with Crippen molar-refractivity contribution in [3.63, 3.8) is 0 Å². The number of esters is 1. The molecule has 0 radical (unpaired) electrons. The van der Waals surface area contributed by atoms with Crippen LogP contribution in [0.2, 0.25) is 0 Å². The van der Waals surface area contributed by atoms with E-state index in [1.54, 1.807) is 24.3 Å². The molecule has 0 N–H and O–H groups in total. The molecule has 1 aliphatic heterocycles. The molecule has 5 nitrogen and oxygen atoms in total. The van der Waals surface area contributed by atoms with Crippen LogP contribution in [0.4, 0.5) is 5.69 Å². The van der Waals surface area contributed by atoms with E-state index in [4.69, 9.17) is 4.74 Å². The van der Waals surface area contributed by atoms with Gasteiger partial charge in [-0.15, -0.1) is 0 Å². The number of benzene rings is 2. The first-order valence-corrected chi connectivity index (χ1v) is 9.49. The SMILES string of the molecule is COC(=O)c1cccc2c1CCCN2S(=O)(=O)/C=C/c1ccccc1. The van der Waals surface area contributed by atoms with Crippen molar-refractivity contribution in [3.8, 4) is 0 Å². The summed E-state index contributed by atoms with van der Waals surface area (Å²) >= 11 is 0. The Morgan fingerprint density at radius 3 is 2.60 bits per heavy atom. The lowest BCUT2D eigenvalue weighted by molar-refractivity contribution is 0.0599. The summed E-state index contributed by atoms with van der Waals surface area (Å²) in [4.78, 5) is 11.9. The third-order valence-corrected chi connectivity index (χ3v) is 5.63. The molecule has 0 bridgehead atoms. The normalized spacial score (nSPS) is 14.4. The molecule has 0 atom stereocenters. The van der Waals surface area contributed by atoms with Crippen LogP contribution in [0.3, 0.4) is 0 Å². The first-order chi connectivity index (χ1) is 12.0. The molecule has 2 aromatic carbocycles. The molecule has 2 aromatic rings. The van der Waals surface area contributed by atoms with Crippen molar-refractivity contribution in [2.75, 3.05) is 18.0 Å². The van der Waals surface area contributed by atoms with Crippen molar-refractivity contribution in [2.45, 2.75) is 12.8 Å². The molecule has 0 amide bonds. The highest BCUT2D eigenvalue weighted by Crippen LogP contribution is 2.32. The second-order valence-electron chi connectivity index (χ2n) is 5.73. The third-order valence-electron chi connectivity index (χ3n) is 4.15. The molecule has 0 fully saturated rings. The first-order valence-electron chi connectivity index (χ1n) is 7.99. The molecular weight excluding hydrogens is 338 g/mol. The number of hydrogen-bond donors (Lipinski definition) is 0. The number of methoxy groups -OCH3 is 1. The standard InChI is InChI=1S/C19H19NO4S/c1-24-19(21)17-9-5-11-18-16(17)10-6-13-20(18)25(22,23)14-12-15-7-3-2-4-8-15/h2-5,7-9,11-12,14H,6,10,13H2,1H3/b14-12+. The summed E-state index contributed by atoms with van der Waals surface area (Å²) in [6.45, 7) is 0.388. The van der Waals surface area contributed by atoms with Gasteiger partial charge in [-0.2, -0.15) is 0 Å². The van der Waals surface area contributed by atoms with E-state index in [0.29, 0.717) is 30.6 Å². The summed E-state index contributed by atoms with van der Waals surface area (Å²) in [5.41, 5.74) is 2.50. The van der Waals surface area contributed by atoms with Crippen LogP contribution in [0.15, 0.2) is 53.9 Å². The Bertz CT molecular complexity index is 904. The minimum atomic E-state index is -3.64. The van der Waals surface area contributed by atoms with E-state index >= 15 is 0 Å². The Morgan fingerprint density at radius 2 is 1.88 bits per heavy atom. The van der Waals surface area contributed by atoms with Gasteiger partial charge in [0.1, 0.15) is 0 Å². The highest BCUT2D eigenvalue weighted by molar-refractivity contribution is 7.95. The van der Waals surface area contributed by atoms with E-state index in [0.717, 1.165) is 11.1 Å². The highest BCUT2D eigenvalue weighted by Gasteiger charge is 2.28. The lowest BCUT2D eigenvalue weighted by Crippen LogP contribution is -2.34. The molecule has 0 aliphatic carbocycles. The average molecular weight is 357 g/mol. The molecular formula is C19H19NO4S. The summed E-state index contributed by atoms with van der Waals surface area (Å²) in [6, 6.07) is 14.3. The summed E-state index contributed by atoms with van der Waals surface area (Å²) in [6.07, 6.45) is 2.88. The topological polar surface area (TPSA) is 63.7 Å². The first kappa shape index (κ1) is 17.2. The maximum absolute atomic E-state index is 12.8. The van der Waals surface area contributed by atoms with Crippen LogP contribution >= 0.6 is 0 Å². The van der Waals surface area contributed by atoms with Gasteiger partial charge in [0.05, 0.1) is 23.8 Å². The van der Waals surface area contributed by atoms with Gasteiger partial charge in [0.25, 0.3) is 10.0 Å². The van der Waals surface area contributed by atoms with Crippen molar-refractivity contribution < 1.29 is 17.9 Å². The van der Waals surface area contributed by atoms with Crippen LogP contribution in [0.5, 0.6) is 0 Å². The molecule has 0 aromatic heterocycles. The minimum absolute atomic E-state index is 0.388. The van der Waals surface area contributed by atoms with Crippen molar-refractivity contribution in [3.05, 3.63) is 70.6 Å². The number of carbonyl (C=O) groups is 1. The third kappa shape index (κ3) is 3.58. The van der Waals surface area contributed by atoms with Gasteiger partial charge in [-0.25, -0.2) is 13.2 Å². The monoisotopic (exact) mass is 357 g/mol. The maximum atomic E-state index is 12.8. The van der Waals surface area contributed by atoms with E-state index in [1.807, 2.05) is 30.3 Å². The van der Waals surface area contributed by atoms with Crippen LogP contribution < -0.4 is 4.31 Å². The van der Waals surface area contributed by atoms with Gasteiger partial charge in [-0.1, -0.05) is 36.4 Å². The van der Waals surface area contributed by atoms with E-state index < -0.39 is 16.0 Å². The fraction of sp³-hybridized carbons (Fsp3) is 0.211. The highest BCUT2D eigenvalue weighted by atomic mass is 32.2. The lowest BCUT2D eigenvalue weighted by Gasteiger charge is -2.30. The summed E-state index contributed by atoms with van der Waals surface area (Å²) in [7, 11) is -2.32. The minimum Gasteiger partial charge on any atom is -0.465 e. The molecule has 25 heavy (non-hydrogen) atoms. The summed E-state index contributed by atoms with van der Waals surface area (Å²) in [5, 5.41) is 1.21. The average Bonchev–Trinajstić information content (AvgIpc) is 2.65. The van der Waals surface area contributed by atoms with Gasteiger partial charge in [0.2, 0.25) is 0 Å². The van der Waals surface area contributed by atoms with Crippen LogP contribution in [-0.2, 0) is 21.2 Å². The molecule has 1 heterocycles. The van der Waals surface area contributed by atoms with Crippen molar-refractivity contribution in [1.29, 1.82) is 0 Å². The molecule has 1 aliphatic rings. The second kappa shape index (κ2) is 7.11. The van der Waals surface area contributed by atoms with E-state index in [-0.39, 0.29) is 0 Å².